The summed E-state index contributed by atoms with van der Waals surface area (Å²) < 4.78 is 0. The highest BCUT2D eigenvalue weighted by Gasteiger charge is 2.16. The second-order valence-electron chi connectivity index (χ2n) is 7.98. The molecule has 2 nitrogen and oxygen atoms in total. The minimum absolute atomic E-state index is 0.968. The van der Waals surface area contributed by atoms with Crippen LogP contribution in [0.1, 0.15) is 39.5 Å². The maximum Gasteiger partial charge on any atom is 0.0427 e. The van der Waals surface area contributed by atoms with Gasteiger partial charge in [0.05, 0.1) is 0 Å². The van der Waals surface area contributed by atoms with Gasteiger partial charge in [0.25, 0.3) is 0 Å². The molecule has 0 fully saturated rings. The lowest BCUT2D eigenvalue weighted by Gasteiger charge is -2.21. The molecule has 4 aromatic rings. The van der Waals surface area contributed by atoms with Crippen LogP contribution in [0.4, 0.5) is 11.4 Å². The van der Waals surface area contributed by atoms with Crippen LogP contribution in [-0.4, -0.2) is 13.1 Å². The highest BCUT2D eigenvalue weighted by molar-refractivity contribution is 6.13. The third kappa shape index (κ3) is 4.14. The Balaban J connectivity index is 1.96. The molecule has 0 heterocycles. The summed E-state index contributed by atoms with van der Waals surface area (Å²) in [6.07, 6.45) is 4.79. The van der Waals surface area contributed by atoms with E-state index >= 15 is 0 Å². The predicted octanol–water partition coefficient (Wildman–Crippen LogP) is 8.08. The van der Waals surface area contributed by atoms with Crippen molar-refractivity contribution in [2.75, 3.05) is 23.7 Å². The van der Waals surface area contributed by atoms with E-state index < -0.39 is 0 Å². The van der Waals surface area contributed by atoms with Gasteiger partial charge in [-0.25, -0.2) is 0 Å². The van der Waals surface area contributed by atoms with E-state index in [1.165, 1.54) is 63.3 Å². The van der Waals surface area contributed by atoms with Crippen molar-refractivity contribution >= 4 is 32.9 Å². The van der Waals surface area contributed by atoms with Crippen molar-refractivity contribution in [2.45, 2.75) is 39.5 Å². The quantitative estimate of drug-likeness (QED) is 0.279. The van der Waals surface area contributed by atoms with Gasteiger partial charge in [-0.1, -0.05) is 87.4 Å². The molecule has 0 saturated carbocycles. The van der Waals surface area contributed by atoms with Crippen LogP contribution < -0.4 is 10.6 Å². The molecular formula is C28H32N2. The number of rotatable bonds is 9. The molecule has 0 aliphatic rings. The van der Waals surface area contributed by atoms with Gasteiger partial charge in [-0.05, 0) is 46.5 Å². The van der Waals surface area contributed by atoms with Gasteiger partial charge in [0, 0.05) is 35.6 Å². The Morgan fingerprint density at radius 2 is 1.07 bits per heavy atom. The van der Waals surface area contributed by atoms with Crippen LogP contribution in [0.25, 0.3) is 32.7 Å². The largest absolute Gasteiger partial charge is 0.385 e. The minimum Gasteiger partial charge on any atom is -0.385 e. The minimum atomic E-state index is 0.968. The van der Waals surface area contributed by atoms with Gasteiger partial charge >= 0.3 is 0 Å². The van der Waals surface area contributed by atoms with E-state index in [1.807, 2.05) is 0 Å². The van der Waals surface area contributed by atoms with Crippen molar-refractivity contribution in [1.82, 2.24) is 0 Å². The van der Waals surface area contributed by atoms with Crippen molar-refractivity contribution in [3.05, 3.63) is 72.8 Å². The van der Waals surface area contributed by atoms with Crippen LogP contribution in [0.5, 0.6) is 0 Å². The first-order valence-corrected chi connectivity index (χ1v) is 11.3. The lowest BCUT2D eigenvalue weighted by molar-refractivity contribution is 0.744. The Bertz CT molecular complexity index is 1130. The average molecular weight is 397 g/mol. The fourth-order valence-electron chi connectivity index (χ4n) is 4.23. The van der Waals surface area contributed by atoms with E-state index in [2.05, 4.69) is 97.3 Å². The normalized spacial score (nSPS) is 11.1. The Morgan fingerprint density at radius 1 is 0.533 bits per heavy atom. The Hall–Kier alpha value is -3.00. The van der Waals surface area contributed by atoms with E-state index in [1.54, 1.807) is 0 Å². The summed E-state index contributed by atoms with van der Waals surface area (Å²) in [5.41, 5.74) is 5.04. The topological polar surface area (TPSA) is 24.1 Å². The van der Waals surface area contributed by atoms with Gasteiger partial charge in [-0.3, -0.25) is 0 Å². The molecule has 0 atom stereocenters. The van der Waals surface area contributed by atoms with Crippen molar-refractivity contribution in [1.29, 1.82) is 0 Å². The van der Waals surface area contributed by atoms with Gasteiger partial charge in [0.1, 0.15) is 0 Å². The summed E-state index contributed by atoms with van der Waals surface area (Å²) in [7, 11) is 0. The van der Waals surface area contributed by atoms with Crippen LogP contribution in [0.15, 0.2) is 72.8 Å². The van der Waals surface area contributed by atoms with Gasteiger partial charge in [-0.2, -0.15) is 0 Å². The Morgan fingerprint density at radius 3 is 1.60 bits per heavy atom. The summed E-state index contributed by atoms with van der Waals surface area (Å²) in [6.45, 7) is 6.44. The van der Waals surface area contributed by atoms with Gasteiger partial charge < -0.3 is 10.6 Å². The molecule has 0 aliphatic heterocycles. The van der Waals surface area contributed by atoms with Crippen molar-refractivity contribution in [3.63, 3.8) is 0 Å². The van der Waals surface area contributed by atoms with Crippen LogP contribution in [0, 0.1) is 0 Å². The van der Waals surface area contributed by atoms with Crippen LogP contribution in [-0.2, 0) is 0 Å². The summed E-state index contributed by atoms with van der Waals surface area (Å²) in [5.74, 6) is 0. The Kier molecular flexibility index (Phi) is 6.53. The van der Waals surface area contributed by atoms with Gasteiger partial charge in [0.2, 0.25) is 0 Å². The molecule has 0 unspecified atom stereocenters. The molecule has 0 spiro atoms. The zero-order valence-electron chi connectivity index (χ0n) is 18.2. The van der Waals surface area contributed by atoms with Gasteiger partial charge in [0.15, 0.2) is 0 Å². The molecule has 0 aromatic heterocycles. The molecule has 4 aromatic carbocycles. The average Bonchev–Trinajstić information content (AvgIpc) is 2.80. The fraction of sp³-hybridized carbons (Fsp3) is 0.286. The van der Waals surface area contributed by atoms with E-state index in [0.717, 1.165) is 19.5 Å². The zero-order valence-corrected chi connectivity index (χ0v) is 18.2. The summed E-state index contributed by atoms with van der Waals surface area (Å²) in [6, 6.07) is 26.5. The highest BCUT2D eigenvalue weighted by Crippen LogP contribution is 2.43. The van der Waals surface area contributed by atoms with Crippen LogP contribution >= 0.6 is 0 Å². The van der Waals surface area contributed by atoms with E-state index in [9.17, 15) is 0 Å². The number of fused-ring (bicyclic) bond motifs is 2. The standard InChI is InChI=1S/C28H32N2/c1-3-5-10-20-30-26-18-16-22-12-7-9-14-24(22)28(26)27-23-13-8-6-11-21(23)15-17-25(27)29-19-4-2/h6-9,11-18,29-30H,3-5,10,19-20H2,1-2H3. The molecule has 0 aliphatic carbocycles. The lowest BCUT2D eigenvalue weighted by Crippen LogP contribution is -2.06. The lowest BCUT2D eigenvalue weighted by atomic mass is 9.91. The van der Waals surface area contributed by atoms with Crippen LogP contribution in [0.2, 0.25) is 0 Å². The van der Waals surface area contributed by atoms with Gasteiger partial charge in [-0.15, -0.1) is 0 Å². The monoisotopic (exact) mass is 396 g/mol. The highest BCUT2D eigenvalue weighted by atomic mass is 14.9. The van der Waals surface area contributed by atoms with E-state index in [-0.39, 0.29) is 0 Å². The first-order valence-electron chi connectivity index (χ1n) is 11.3. The maximum absolute atomic E-state index is 3.76. The number of hydrogen-bond acceptors (Lipinski definition) is 2. The van der Waals surface area contributed by atoms with Crippen molar-refractivity contribution in [3.8, 4) is 11.1 Å². The number of nitrogens with one attached hydrogen (secondary N) is 2. The smallest absolute Gasteiger partial charge is 0.0427 e. The first-order chi connectivity index (χ1) is 14.8. The predicted molar refractivity (Wildman–Crippen MR) is 134 cm³/mol. The zero-order chi connectivity index (χ0) is 20.8. The second kappa shape index (κ2) is 9.67. The number of benzene rings is 4. The second-order valence-corrected chi connectivity index (χ2v) is 7.98. The number of anilines is 2. The van der Waals surface area contributed by atoms with Crippen molar-refractivity contribution in [2.24, 2.45) is 0 Å². The molecule has 2 N–H and O–H groups in total. The third-order valence-corrected chi connectivity index (χ3v) is 5.77. The molecule has 0 saturated heterocycles. The number of unbranched alkanes of at least 4 members (excludes halogenated alkanes) is 2. The SMILES string of the molecule is CCCCCNc1ccc2ccccc2c1-c1c(NCCC)ccc2ccccc12. The first kappa shape index (κ1) is 20.3. The molecule has 154 valence electrons. The van der Waals surface area contributed by atoms with E-state index in [0.29, 0.717) is 0 Å². The molecule has 30 heavy (non-hydrogen) atoms. The number of hydrogen-bond donors (Lipinski definition) is 2. The molecule has 0 amide bonds. The third-order valence-electron chi connectivity index (χ3n) is 5.77. The van der Waals surface area contributed by atoms with Crippen molar-refractivity contribution < 1.29 is 0 Å². The molecule has 0 bridgehead atoms. The Labute approximate surface area is 180 Å². The van der Waals surface area contributed by atoms with Crippen LogP contribution in [0.3, 0.4) is 0 Å². The maximum atomic E-state index is 3.76. The molecule has 4 rings (SSSR count). The molecule has 0 radical (unpaired) electrons. The summed E-state index contributed by atoms with van der Waals surface area (Å²) >= 11 is 0. The molecule has 2 heteroatoms. The summed E-state index contributed by atoms with van der Waals surface area (Å²) in [5, 5.41) is 12.6. The molecular weight excluding hydrogens is 364 g/mol. The summed E-state index contributed by atoms with van der Waals surface area (Å²) in [4.78, 5) is 0. The fourth-order valence-corrected chi connectivity index (χ4v) is 4.23. The van der Waals surface area contributed by atoms with E-state index in [4.69, 9.17) is 0 Å².